The van der Waals surface area contributed by atoms with Crippen LogP contribution in [0, 0.1) is 0 Å². The largest absolute Gasteiger partial charge is 0.495 e. The standard InChI is InChI=1S/C20H17N3O4S/c1-3-22-17-14(27-2)9-6-10-15(17)28-20(22)21-16(24)11-23-18(25)12-7-4-5-8-13(12)19(23)26/h4-10H,3,11H2,1-2H3. The molecule has 0 unspecified atom stereocenters. The van der Waals surface area contributed by atoms with Crippen molar-refractivity contribution < 1.29 is 19.1 Å². The highest BCUT2D eigenvalue weighted by molar-refractivity contribution is 7.16. The van der Waals surface area contributed by atoms with Gasteiger partial charge in [-0.2, -0.15) is 4.99 Å². The van der Waals surface area contributed by atoms with Crippen molar-refractivity contribution in [2.45, 2.75) is 13.5 Å². The Morgan fingerprint density at radius 3 is 2.36 bits per heavy atom. The van der Waals surface area contributed by atoms with Crippen LogP contribution in [0.25, 0.3) is 10.2 Å². The highest BCUT2D eigenvalue weighted by atomic mass is 32.1. The fraction of sp³-hybridized carbons (Fsp3) is 0.200. The first kappa shape index (κ1) is 18.1. The molecule has 0 N–H and O–H groups in total. The molecule has 2 aromatic carbocycles. The molecule has 1 aliphatic rings. The number of aryl methyl sites for hydroxylation is 1. The van der Waals surface area contributed by atoms with E-state index >= 15 is 0 Å². The average molecular weight is 395 g/mol. The summed E-state index contributed by atoms with van der Waals surface area (Å²) in [6.45, 7) is 2.16. The highest BCUT2D eigenvalue weighted by Gasteiger charge is 2.36. The molecule has 2 heterocycles. The van der Waals surface area contributed by atoms with Crippen molar-refractivity contribution in [2.75, 3.05) is 13.7 Å². The Labute approximate surface area is 164 Å². The van der Waals surface area contributed by atoms with Gasteiger partial charge in [-0.05, 0) is 31.2 Å². The van der Waals surface area contributed by atoms with Crippen LogP contribution in [-0.4, -0.2) is 40.8 Å². The van der Waals surface area contributed by atoms with Crippen molar-refractivity contribution in [3.8, 4) is 5.75 Å². The molecule has 0 spiro atoms. The number of thiazole rings is 1. The van der Waals surface area contributed by atoms with Crippen molar-refractivity contribution >= 4 is 39.3 Å². The van der Waals surface area contributed by atoms with Crippen molar-refractivity contribution in [1.29, 1.82) is 0 Å². The number of para-hydroxylation sites is 1. The van der Waals surface area contributed by atoms with Crippen molar-refractivity contribution in [3.63, 3.8) is 0 Å². The van der Waals surface area contributed by atoms with Gasteiger partial charge < -0.3 is 9.30 Å². The molecule has 3 amide bonds. The third kappa shape index (κ3) is 2.82. The zero-order chi connectivity index (χ0) is 19.8. The van der Waals surface area contributed by atoms with Gasteiger partial charge in [0.2, 0.25) is 0 Å². The van der Waals surface area contributed by atoms with Crippen LogP contribution in [0.1, 0.15) is 27.6 Å². The number of methoxy groups -OCH3 is 1. The lowest BCUT2D eigenvalue weighted by Crippen LogP contribution is -2.35. The Hall–Kier alpha value is -3.26. The molecule has 3 aromatic rings. The van der Waals surface area contributed by atoms with E-state index in [2.05, 4.69) is 4.99 Å². The van der Waals surface area contributed by atoms with Gasteiger partial charge in [0.05, 0.1) is 22.9 Å². The van der Waals surface area contributed by atoms with Crippen LogP contribution in [0.15, 0.2) is 47.5 Å². The summed E-state index contributed by atoms with van der Waals surface area (Å²) in [5.74, 6) is -0.789. The number of benzene rings is 2. The first-order valence-corrected chi connectivity index (χ1v) is 9.56. The van der Waals surface area contributed by atoms with Gasteiger partial charge in [0.1, 0.15) is 17.8 Å². The second kappa shape index (κ2) is 7.05. The number of amides is 3. The van der Waals surface area contributed by atoms with Gasteiger partial charge >= 0.3 is 0 Å². The molecule has 8 heteroatoms. The molecule has 1 aliphatic heterocycles. The molecule has 28 heavy (non-hydrogen) atoms. The van der Waals surface area contributed by atoms with Gasteiger partial charge in [0, 0.05) is 6.54 Å². The van der Waals surface area contributed by atoms with Crippen LogP contribution in [0.5, 0.6) is 5.75 Å². The normalized spacial score (nSPS) is 14.1. The minimum Gasteiger partial charge on any atom is -0.495 e. The maximum atomic E-state index is 12.6. The highest BCUT2D eigenvalue weighted by Crippen LogP contribution is 2.27. The molecule has 0 saturated carbocycles. The van der Waals surface area contributed by atoms with E-state index in [1.165, 1.54) is 11.3 Å². The Balaban J connectivity index is 1.68. The Kier molecular flexibility index (Phi) is 4.56. The maximum absolute atomic E-state index is 12.6. The fourth-order valence-electron chi connectivity index (χ4n) is 3.30. The third-order valence-electron chi connectivity index (χ3n) is 4.59. The quantitative estimate of drug-likeness (QED) is 0.636. The summed E-state index contributed by atoms with van der Waals surface area (Å²) < 4.78 is 8.25. The molecule has 1 aromatic heterocycles. The topological polar surface area (TPSA) is 81.0 Å². The Morgan fingerprint density at radius 2 is 1.75 bits per heavy atom. The Morgan fingerprint density at radius 1 is 1.07 bits per heavy atom. The van der Waals surface area contributed by atoms with Gasteiger partial charge in [0.25, 0.3) is 17.7 Å². The van der Waals surface area contributed by atoms with Gasteiger partial charge in [-0.25, -0.2) is 0 Å². The molecule has 0 fully saturated rings. The van der Waals surface area contributed by atoms with E-state index in [1.54, 1.807) is 31.4 Å². The zero-order valence-corrected chi connectivity index (χ0v) is 16.2. The summed E-state index contributed by atoms with van der Waals surface area (Å²) >= 11 is 1.36. The second-order valence-electron chi connectivity index (χ2n) is 6.18. The molecule has 0 bridgehead atoms. The summed E-state index contributed by atoms with van der Waals surface area (Å²) in [6.07, 6.45) is 0. The first-order valence-electron chi connectivity index (χ1n) is 8.74. The first-order chi connectivity index (χ1) is 13.5. The SMILES string of the molecule is CCn1c(=NC(=O)CN2C(=O)c3ccccc3C2=O)sc2cccc(OC)c21. The van der Waals surface area contributed by atoms with Crippen LogP contribution in [0.4, 0.5) is 0 Å². The van der Waals surface area contributed by atoms with Gasteiger partial charge in [-0.1, -0.05) is 29.5 Å². The molecule has 0 saturated heterocycles. The predicted octanol–water partition coefficient (Wildman–Crippen LogP) is 2.45. The van der Waals surface area contributed by atoms with E-state index < -0.39 is 17.7 Å². The van der Waals surface area contributed by atoms with E-state index in [4.69, 9.17) is 4.74 Å². The number of hydrogen-bond donors (Lipinski definition) is 0. The number of imide groups is 1. The van der Waals surface area contributed by atoms with E-state index in [0.29, 0.717) is 28.2 Å². The van der Waals surface area contributed by atoms with Crippen molar-refractivity contribution in [2.24, 2.45) is 4.99 Å². The van der Waals surface area contributed by atoms with E-state index in [0.717, 1.165) is 15.1 Å². The van der Waals surface area contributed by atoms with Crippen LogP contribution in [0.2, 0.25) is 0 Å². The molecule has 0 atom stereocenters. The number of aromatic nitrogens is 1. The van der Waals surface area contributed by atoms with Crippen molar-refractivity contribution in [3.05, 3.63) is 58.4 Å². The summed E-state index contributed by atoms with van der Waals surface area (Å²) in [5, 5.41) is 0. The number of ether oxygens (including phenoxy) is 1. The predicted molar refractivity (Wildman–Crippen MR) is 104 cm³/mol. The fourth-order valence-corrected chi connectivity index (χ4v) is 4.43. The molecule has 4 rings (SSSR count). The van der Waals surface area contributed by atoms with Crippen LogP contribution < -0.4 is 9.54 Å². The van der Waals surface area contributed by atoms with E-state index in [-0.39, 0.29) is 6.54 Å². The summed E-state index contributed by atoms with van der Waals surface area (Å²) in [5.41, 5.74) is 1.50. The number of carbonyl (C=O) groups excluding carboxylic acids is 3. The number of rotatable bonds is 4. The lowest BCUT2D eigenvalue weighted by atomic mass is 10.1. The van der Waals surface area contributed by atoms with Crippen molar-refractivity contribution in [1.82, 2.24) is 9.47 Å². The zero-order valence-electron chi connectivity index (χ0n) is 15.3. The molecule has 0 aliphatic carbocycles. The molecule has 0 radical (unpaired) electrons. The Bertz CT molecular complexity index is 1160. The maximum Gasteiger partial charge on any atom is 0.268 e. The van der Waals surface area contributed by atoms with Gasteiger partial charge in [0.15, 0.2) is 4.80 Å². The molecule has 142 valence electrons. The number of hydrogen-bond acceptors (Lipinski definition) is 5. The van der Waals surface area contributed by atoms with Crippen LogP contribution in [0.3, 0.4) is 0 Å². The minimum absolute atomic E-state index is 0.315. The summed E-state index contributed by atoms with van der Waals surface area (Å²) in [4.78, 5) is 43.1. The van der Waals surface area contributed by atoms with E-state index in [9.17, 15) is 14.4 Å². The molecule has 7 nitrogen and oxygen atoms in total. The monoisotopic (exact) mass is 395 g/mol. The number of fused-ring (bicyclic) bond motifs is 2. The lowest BCUT2D eigenvalue weighted by molar-refractivity contribution is -0.118. The molecular weight excluding hydrogens is 378 g/mol. The van der Waals surface area contributed by atoms with Crippen LogP contribution >= 0.6 is 11.3 Å². The van der Waals surface area contributed by atoms with Crippen LogP contribution in [-0.2, 0) is 11.3 Å². The smallest absolute Gasteiger partial charge is 0.268 e. The van der Waals surface area contributed by atoms with Gasteiger partial charge in [-0.3, -0.25) is 19.3 Å². The number of carbonyl (C=O) groups is 3. The van der Waals surface area contributed by atoms with Gasteiger partial charge in [-0.15, -0.1) is 0 Å². The van der Waals surface area contributed by atoms with E-state index in [1.807, 2.05) is 29.7 Å². The second-order valence-corrected chi connectivity index (χ2v) is 7.19. The molecular formula is C20H17N3O4S. The lowest BCUT2D eigenvalue weighted by Gasteiger charge is -2.10. The summed E-state index contributed by atoms with van der Waals surface area (Å²) in [7, 11) is 1.59. The summed E-state index contributed by atoms with van der Waals surface area (Å²) in [6, 6.07) is 12.2. The minimum atomic E-state index is -0.553. The average Bonchev–Trinajstić information content (AvgIpc) is 3.18. The third-order valence-corrected chi connectivity index (χ3v) is 5.64. The number of nitrogens with zero attached hydrogens (tertiary/aromatic N) is 3.